The van der Waals surface area contributed by atoms with Crippen LogP contribution in [0.2, 0.25) is 0 Å². The van der Waals surface area contributed by atoms with Gasteiger partial charge in [0.05, 0.1) is 30.9 Å². The molecule has 15 nitrogen and oxygen atoms in total. The highest BCUT2D eigenvalue weighted by molar-refractivity contribution is 6.38. The van der Waals surface area contributed by atoms with Crippen LogP contribution in [0.4, 0.5) is 4.79 Å². The zero-order chi connectivity index (χ0) is 38.7. The molecule has 51 heavy (non-hydrogen) atoms. The van der Waals surface area contributed by atoms with E-state index in [0.717, 1.165) is 0 Å². The van der Waals surface area contributed by atoms with Crippen LogP contribution in [-0.4, -0.2) is 95.8 Å². The van der Waals surface area contributed by atoms with Gasteiger partial charge in [-0.2, -0.15) is 0 Å². The summed E-state index contributed by atoms with van der Waals surface area (Å²) in [4.78, 5) is 92.8. The van der Waals surface area contributed by atoms with Gasteiger partial charge in [-0.15, -0.1) is 0 Å². The number of amides is 6. The number of nitrogens with zero attached hydrogens (tertiary/aromatic N) is 1. The molecule has 1 aromatic rings. The Balaban J connectivity index is 2.22. The molecule has 1 heterocycles. The van der Waals surface area contributed by atoms with Gasteiger partial charge in [0.1, 0.15) is 18.1 Å². The molecule has 1 fully saturated rings. The first-order valence-corrected chi connectivity index (χ1v) is 17.3. The van der Waals surface area contributed by atoms with Crippen molar-refractivity contribution in [3.8, 4) is 0 Å². The molecule has 0 aliphatic carbocycles. The van der Waals surface area contributed by atoms with Crippen molar-refractivity contribution in [3.05, 3.63) is 35.9 Å². The number of nitrogens with one attached hydrogen (secondary N) is 4. The molecule has 2 rings (SSSR count). The van der Waals surface area contributed by atoms with E-state index in [1.165, 1.54) is 4.90 Å². The summed E-state index contributed by atoms with van der Waals surface area (Å²) < 4.78 is 11.4. The smallest absolute Gasteiger partial charge is 0.407 e. The van der Waals surface area contributed by atoms with Gasteiger partial charge in [-0.3, -0.25) is 28.8 Å². The summed E-state index contributed by atoms with van der Waals surface area (Å²) in [6, 6.07) is 3.70. The SMILES string of the molecule is CCCC(NC(=O)C1CC(OC(C)(C)C)CN1C(=O)C(NC(=O)OCC(C)C)C(C)(C)C)C(=O)C(=O)NCC(=O)NC(C(N)=O)c1ccccc1. The highest BCUT2D eigenvalue weighted by Crippen LogP contribution is 2.29. The lowest BCUT2D eigenvalue weighted by atomic mass is 9.85. The summed E-state index contributed by atoms with van der Waals surface area (Å²) in [6.07, 6.45) is -0.693. The lowest BCUT2D eigenvalue weighted by molar-refractivity contribution is -0.144. The van der Waals surface area contributed by atoms with Crippen LogP contribution >= 0.6 is 0 Å². The summed E-state index contributed by atoms with van der Waals surface area (Å²) in [6.45, 7) is 16.0. The van der Waals surface area contributed by atoms with Crippen molar-refractivity contribution in [3.63, 3.8) is 0 Å². The molecule has 5 atom stereocenters. The van der Waals surface area contributed by atoms with Crippen molar-refractivity contribution >= 4 is 41.4 Å². The Hall–Kier alpha value is -4.53. The normalized spacial score (nSPS) is 17.9. The number of rotatable bonds is 16. The van der Waals surface area contributed by atoms with E-state index in [-0.39, 0.29) is 31.9 Å². The Bertz CT molecular complexity index is 1400. The fraction of sp³-hybridized carbons (Fsp3) is 0.639. The molecule has 0 saturated carbocycles. The molecule has 1 aliphatic rings. The van der Waals surface area contributed by atoms with Gasteiger partial charge in [0.15, 0.2) is 0 Å². The minimum atomic E-state index is -1.27. The second kappa shape index (κ2) is 18.6. The molecular weight excluding hydrogens is 660 g/mol. The van der Waals surface area contributed by atoms with Crippen molar-refractivity contribution in [1.82, 2.24) is 26.2 Å². The fourth-order valence-corrected chi connectivity index (χ4v) is 5.50. The molecular formula is C36H56N6O9. The van der Waals surface area contributed by atoms with Crippen LogP contribution in [0.3, 0.4) is 0 Å². The maximum Gasteiger partial charge on any atom is 0.407 e. The van der Waals surface area contributed by atoms with Crippen LogP contribution in [0.1, 0.15) is 93.2 Å². The summed E-state index contributed by atoms with van der Waals surface area (Å²) in [5.74, 6) is -4.82. The summed E-state index contributed by atoms with van der Waals surface area (Å²) in [7, 11) is 0. The monoisotopic (exact) mass is 716 g/mol. The number of Topliss-reactive ketones (excluding diaryl/α,β-unsaturated/α-hetero) is 1. The van der Waals surface area contributed by atoms with E-state index in [9.17, 15) is 33.6 Å². The van der Waals surface area contributed by atoms with Crippen LogP contribution in [-0.2, 0) is 38.2 Å². The van der Waals surface area contributed by atoms with Crippen LogP contribution in [0.15, 0.2) is 30.3 Å². The Labute approximate surface area is 300 Å². The van der Waals surface area contributed by atoms with E-state index < -0.39 is 89.2 Å². The van der Waals surface area contributed by atoms with E-state index in [1.807, 2.05) is 34.6 Å². The zero-order valence-corrected chi connectivity index (χ0v) is 31.3. The molecule has 1 aliphatic heterocycles. The Morgan fingerprint density at radius 3 is 2.10 bits per heavy atom. The van der Waals surface area contributed by atoms with Crippen LogP contribution in [0, 0.1) is 11.3 Å². The first kappa shape index (κ1) is 42.6. The molecule has 0 radical (unpaired) electrons. The maximum absolute atomic E-state index is 14.1. The van der Waals surface area contributed by atoms with Gasteiger partial charge in [0, 0.05) is 13.0 Å². The van der Waals surface area contributed by atoms with Gasteiger partial charge in [0.25, 0.3) is 5.91 Å². The second-order valence-corrected chi connectivity index (χ2v) is 15.2. The Morgan fingerprint density at radius 2 is 1.57 bits per heavy atom. The van der Waals surface area contributed by atoms with Crippen molar-refractivity contribution in [2.24, 2.45) is 17.1 Å². The molecule has 284 valence electrons. The molecule has 6 amide bonds. The highest BCUT2D eigenvalue weighted by Gasteiger charge is 2.47. The van der Waals surface area contributed by atoms with Gasteiger partial charge in [0.2, 0.25) is 29.4 Å². The molecule has 6 N–H and O–H groups in total. The molecule has 1 aromatic carbocycles. The lowest BCUT2D eigenvalue weighted by Gasteiger charge is -2.35. The van der Waals surface area contributed by atoms with Gasteiger partial charge >= 0.3 is 6.09 Å². The predicted octanol–water partition coefficient (Wildman–Crippen LogP) is 1.88. The minimum absolute atomic E-state index is 0.0424. The molecule has 0 bridgehead atoms. The van der Waals surface area contributed by atoms with Gasteiger partial charge in [-0.05, 0) is 44.1 Å². The van der Waals surface area contributed by atoms with Crippen molar-refractivity contribution < 1.29 is 43.0 Å². The summed E-state index contributed by atoms with van der Waals surface area (Å²) >= 11 is 0. The standard InChI is InChI=1S/C36H56N6O9/c1-10-14-24(28(44)32(47)38-18-26(43)40-27(30(37)45)22-15-12-11-13-16-22)39-31(46)25-17-23(51-36(7,8)9)19-42(25)33(48)29(35(4,5)6)41-34(49)50-20-21(2)3/h11-13,15-16,21,23-25,27,29H,10,14,17-20H2,1-9H3,(H2,37,45)(H,38,47)(H,39,46)(H,40,43)(H,41,49). The number of carbonyl (C=O) groups is 7. The largest absolute Gasteiger partial charge is 0.449 e. The van der Waals surface area contributed by atoms with E-state index >= 15 is 0 Å². The number of hydrogen-bond acceptors (Lipinski definition) is 9. The number of primary amides is 1. The number of hydrogen-bond donors (Lipinski definition) is 5. The topological polar surface area (TPSA) is 215 Å². The number of ether oxygens (including phenoxy) is 2. The third kappa shape index (κ3) is 13.6. The zero-order valence-electron chi connectivity index (χ0n) is 31.3. The van der Waals surface area contributed by atoms with E-state index in [2.05, 4.69) is 21.3 Å². The first-order chi connectivity index (χ1) is 23.6. The summed E-state index contributed by atoms with van der Waals surface area (Å²) in [5, 5.41) is 9.99. The first-order valence-electron chi connectivity index (χ1n) is 17.3. The third-order valence-electron chi connectivity index (χ3n) is 7.86. The van der Waals surface area contributed by atoms with Crippen LogP contribution in [0.25, 0.3) is 0 Å². The van der Waals surface area contributed by atoms with Crippen molar-refractivity contribution in [1.29, 1.82) is 0 Å². The molecule has 5 unspecified atom stereocenters. The van der Waals surface area contributed by atoms with E-state index in [1.54, 1.807) is 58.0 Å². The lowest BCUT2D eigenvalue weighted by Crippen LogP contribution is -2.59. The quantitative estimate of drug-likeness (QED) is 0.158. The number of ketones is 1. The average Bonchev–Trinajstić information content (AvgIpc) is 3.45. The Kier molecular flexibility index (Phi) is 15.6. The number of likely N-dealkylation sites (tertiary alicyclic amines) is 1. The Morgan fingerprint density at radius 1 is 0.941 bits per heavy atom. The fourth-order valence-electron chi connectivity index (χ4n) is 5.50. The van der Waals surface area contributed by atoms with Crippen molar-refractivity contribution in [2.45, 2.75) is 117 Å². The highest BCUT2D eigenvalue weighted by atomic mass is 16.5. The maximum atomic E-state index is 14.1. The molecule has 0 spiro atoms. The van der Waals surface area contributed by atoms with E-state index in [4.69, 9.17) is 15.2 Å². The summed E-state index contributed by atoms with van der Waals surface area (Å²) in [5.41, 5.74) is 4.51. The van der Waals surface area contributed by atoms with Gasteiger partial charge in [-0.25, -0.2) is 4.79 Å². The van der Waals surface area contributed by atoms with Crippen molar-refractivity contribution in [2.75, 3.05) is 19.7 Å². The molecule has 15 heteroatoms. The van der Waals surface area contributed by atoms with Crippen LogP contribution in [0.5, 0.6) is 0 Å². The second-order valence-electron chi connectivity index (χ2n) is 15.2. The van der Waals surface area contributed by atoms with Gasteiger partial charge < -0.3 is 41.4 Å². The third-order valence-corrected chi connectivity index (χ3v) is 7.86. The molecule has 1 saturated heterocycles. The number of alkyl carbamates (subject to hydrolysis) is 1. The number of carbonyl (C=O) groups excluding carboxylic acids is 7. The van der Waals surface area contributed by atoms with E-state index in [0.29, 0.717) is 12.0 Å². The average molecular weight is 717 g/mol. The minimum Gasteiger partial charge on any atom is -0.449 e. The molecule has 0 aromatic heterocycles. The van der Waals surface area contributed by atoms with Crippen LogP contribution < -0.4 is 27.0 Å². The number of benzene rings is 1. The predicted molar refractivity (Wildman–Crippen MR) is 189 cm³/mol. The number of nitrogens with two attached hydrogens (primary N) is 1. The van der Waals surface area contributed by atoms with Gasteiger partial charge in [-0.1, -0.05) is 78.3 Å².